The van der Waals surface area contributed by atoms with Gasteiger partial charge in [0.05, 0.1) is 12.1 Å². The third kappa shape index (κ3) is 3.36. The summed E-state index contributed by atoms with van der Waals surface area (Å²) < 4.78 is 11.3. The van der Waals surface area contributed by atoms with Gasteiger partial charge in [0.1, 0.15) is 17.6 Å². The average Bonchev–Trinajstić information content (AvgIpc) is 3.12. The molecule has 0 saturated carbocycles. The largest absolute Gasteiger partial charge is 0.466 e. The molecular weight excluding hydrogens is 308 g/mol. The first-order valence-electron chi connectivity index (χ1n) is 8.30. The predicted molar refractivity (Wildman–Crippen MR) is 87.5 cm³/mol. The van der Waals surface area contributed by atoms with E-state index in [-0.39, 0.29) is 11.9 Å². The molecule has 1 aliphatic heterocycles. The van der Waals surface area contributed by atoms with Crippen LogP contribution in [0.25, 0.3) is 0 Å². The molecular formula is C17H24N4O3. The number of carbonyl (C=O) groups excluding carboxylic acids is 1. The Labute approximate surface area is 141 Å². The van der Waals surface area contributed by atoms with Gasteiger partial charge in [0.2, 0.25) is 11.8 Å². The maximum absolute atomic E-state index is 13.0. The molecule has 7 heteroatoms. The first-order chi connectivity index (χ1) is 11.5. The number of carbonyl (C=O) groups is 1. The maximum Gasteiger partial charge on any atom is 0.258 e. The number of nitrogens with zero attached hydrogens (tertiary/aromatic N) is 4. The number of hydrogen-bond donors (Lipinski definition) is 0. The van der Waals surface area contributed by atoms with Crippen LogP contribution in [0, 0.1) is 13.8 Å². The highest BCUT2D eigenvalue weighted by atomic mass is 16.4. The van der Waals surface area contributed by atoms with Crippen LogP contribution in [0.1, 0.15) is 59.0 Å². The zero-order valence-corrected chi connectivity index (χ0v) is 14.7. The molecule has 3 heterocycles. The van der Waals surface area contributed by atoms with Crippen LogP contribution in [0.4, 0.5) is 0 Å². The molecule has 7 nitrogen and oxygen atoms in total. The molecule has 0 aliphatic carbocycles. The number of piperidine rings is 1. The van der Waals surface area contributed by atoms with Crippen molar-refractivity contribution in [3.63, 3.8) is 0 Å². The van der Waals surface area contributed by atoms with E-state index in [1.165, 1.54) is 0 Å². The Morgan fingerprint density at radius 1 is 1.29 bits per heavy atom. The van der Waals surface area contributed by atoms with Gasteiger partial charge < -0.3 is 18.6 Å². The van der Waals surface area contributed by atoms with Gasteiger partial charge in [0.15, 0.2) is 0 Å². The summed E-state index contributed by atoms with van der Waals surface area (Å²) in [5, 5.41) is 8.29. The average molecular weight is 332 g/mol. The monoisotopic (exact) mass is 332 g/mol. The highest BCUT2D eigenvalue weighted by molar-refractivity contribution is 5.95. The predicted octanol–water partition coefficient (Wildman–Crippen LogP) is 2.71. The Bertz CT molecular complexity index is 719. The van der Waals surface area contributed by atoms with Crippen molar-refractivity contribution in [2.75, 3.05) is 20.6 Å². The van der Waals surface area contributed by atoms with Crippen molar-refractivity contribution in [1.82, 2.24) is 20.0 Å². The topological polar surface area (TPSA) is 75.6 Å². The lowest BCUT2D eigenvalue weighted by Gasteiger charge is -2.33. The van der Waals surface area contributed by atoms with Crippen LogP contribution in [-0.4, -0.2) is 46.5 Å². The van der Waals surface area contributed by atoms with Crippen molar-refractivity contribution in [2.24, 2.45) is 0 Å². The molecule has 24 heavy (non-hydrogen) atoms. The van der Waals surface area contributed by atoms with Crippen molar-refractivity contribution in [2.45, 2.75) is 45.7 Å². The molecule has 1 amide bonds. The minimum atomic E-state index is -0.163. The maximum atomic E-state index is 13.0. The summed E-state index contributed by atoms with van der Waals surface area (Å²) in [5.74, 6) is 2.47. The molecule has 0 N–H and O–H groups in total. The summed E-state index contributed by atoms with van der Waals surface area (Å²) in [6.45, 7) is 4.95. The fourth-order valence-corrected chi connectivity index (χ4v) is 3.16. The van der Waals surface area contributed by atoms with Crippen LogP contribution in [-0.2, 0) is 6.54 Å². The Balaban J connectivity index is 1.84. The molecule has 1 unspecified atom stereocenters. The number of aryl methyl sites for hydroxylation is 2. The van der Waals surface area contributed by atoms with E-state index in [0.717, 1.165) is 25.0 Å². The molecule has 1 saturated heterocycles. The zero-order valence-electron chi connectivity index (χ0n) is 14.7. The minimum Gasteiger partial charge on any atom is -0.466 e. The van der Waals surface area contributed by atoms with E-state index < -0.39 is 0 Å². The zero-order chi connectivity index (χ0) is 17.3. The summed E-state index contributed by atoms with van der Waals surface area (Å²) in [6.07, 6.45) is 2.87. The Kier molecular flexibility index (Phi) is 4.71. The van der Waals surface area contributed by atoms with Crippen molar-refractivity contribution in [1.29, 1.82) is 0 Å². The Hall–Kier alpha value is -2.15. The van der Waals surface area contributed by atoms with Gasteiger partial charge in [0.25, 0.3) is 5.91 Å². The molecule has 0 radical (unpaired) electrons. The van der Waals surface area contributed by atoms with E-state index in [9.17, 15) is 4.79 Å². The third-order valence-corrected chi connectivity index (χ3v) is 4.25. The van der Waals surface area contributed by atoms with Gasteiger partial charge >= 0.3 is 0 Å². The molecule has 1 fully saturated rings. The molecule has 0 aromatic carbocycles. The first-order valence-corrected chi connectivity index (χ1v) is 8.30. The van der Waals surface area contributed by atoms with Gasteiger partial charge in [-0.3, -0.25) is 4.79 Å². The van der Waals surface area contributed by atoms with Crippen LogP contribution in [0.5, 0.6) is 0 Å². The summed E-state index contributed by atoms with van der Waals surface area (Å²) in [5.41, 5.74) is 0.618. The van der Waals surface area contributed by atoms with Gasteiger partial charge in [0, 0.05) is 6.54 Å². The lowest BCUT2D eigenvalue weighted by molar-refractivity contribution is 0.0566. The highest BCUT2D eigenvalue weighted by Gasteiger charge is 2.33. The first kappa shape index (κ1) is 16.7. The van der Waals surface area contributed by atoms with Crippen LogP contribution in [0.2, 0.25) is 0 Å². The van der Waals surface area contributed by atoms with Crippen LogP contribution >= 0.6 is 0 Å². The summed E-state index contributed by atoms with van der Waals surface area (Å²) in [4.78, 5) is 16.8. The fourth-order valence-electron chi connectivity index (χ4n) is 3.16. The Morgan fingerprint density at radius 2 is 2.08 bits per heavy atom. The van der Waals surface area contributed by atoms with Crippen molar-refractivity contribution >= 4 is 5.91 Å². The van der Waals surface area contributed by atoms with E-state index in [1.807, 2.05) is 37.7 Å². The van der Waals surface area contributed by atoms with Gasteiger partial charge in [-0.25, -0.2) is 0 Å². The minimum absolute atomic E-state index is 0.0265. The molecule has 1 aliphatic rings. The molecule has 3 rings (SSSR count). The second-order valence-electron chi connectivity index (χ2n) is 6.61. The van der Waals surface area contributed by atoms with E-state index >= 15 is 0 Å². The SMILES string of the molecule is Cc1cc(C(=O)N2CCCCC2c2nnc(CN(C)C)o2)c(C)o1. The van der Waals surface area contributed by atoms with E-state index in [0.29, 0.717) is 36.2 Å². The smallest absolute Gasteiger partial charge is 0.258 e. The summed E-state index contributed by atoms with van der Waals surface area (Å²) >= 11 is 0. The number of rotatable bonds is 4. The number of aromatic nitrogens is 2. The molecule has 0 spiro atoms. The van der Waals surface area contributed by atoms with Gasteiger partial charge in [-0.15, -0.1) is 10.2 Å². The number of hydrogen-bond acceptors (Lipinski definition) is 6. The molecule has 1 atom stereocenters. The Morgan fingerprint density at radius 3 is 2.75 bits per heavy atom. The lowest BCUT2D eigenvalue weighted by Crippen LogP contribution is -2.38. The van der Waals surface area contributed by atoms with E-state index in [4.69, 9.17) is 8.83 Å². The van der Waals surface area contributed by atoms with Gasteiger partial charge in [-0.1, -0.05) is 0 Å². The second-order valence-corrected chi connectivity index (χ2v) is 6.61. The van der Waals surface area contributed by atoms with Crippen LogP contribution in [0.3, 0.4) is 0 Å². The van der Waals surface area contributed by atoms with Crippen molar-refractivity contribution in [3.05, 3.63) is 34.9 Å². The lowest BCUT2D eigenvalue weighted by atomic mass is 10.0. The second kappa shape index (κ2) is 6.76. The molecule has 2 aromatic rings. The van der Waals surface area contributed by atoms with Gasteiger partial charge in [-0.05, 0) is 53.3 Å². The highest BCUT2D eigenvalue weighted by Crippen LogP contribution is 2.32. The molecule has 0 bridgehead atoms. The molecule has 130 valence electrons. The normalized spacial score (nSPS) is 18.4. The van der Waals surface area contributed by atoms with Crippen LogP contribution in [0.15, 0.2) is 14.9 Å². The van der Waals surface area contributed by atoms with E-state index in [2.05, 4.69) is 10.2 Å². The van der Waals surface area contributed by atoms with E-state index in [1.54, 1.807) is 6.07 Å². The number of amides is 1. The third-order valence-electron chi connectivity index (χ3n) is 4.25. The quantitative estimate of drug-likeness (QED) is 0.857. The van der Waals surface area contributed by atoms with Crippen LogP contribution < -0.4 is 0 Å². The standard InChI is InChI=1S/C17H24N4O3/c1-11-9-13(12(2)23-11)17(22)21-8-6-5-7-14(21)16-19-18-15(24-16)10-20(3)4/h9,14H,5-8,10H2,1-4H3. The summed E-state index contributed by atoms with van der Waals surface area (Å²) in [7, 11) is 3.90. The fraction of sp³-hybridized carbons (Fsp3) is 0.588. The summed E-state index contributed by atoms with van der Waals surface area (Å²) in [6, 6.07) is 1.64. The number of furan rings is 1. The number of likely N-dealkylation sites (tertiary alicyclic amines) is 1. The van der Waals surface area contributed by atoms with Crippen molar-refractivity contribution < 1.29 is 13.6 Å². The molecule has 2 aromatic heterocycles. The van der Waals surface area contributed by atoms with Gasteiger partial charge in [-0.2, -0.15) is 0 Å². The van der Waals surface area contributed by atoms with Crippen molar-refractivity contribution in [3.8, 4) is 0 Å².